The lowest BCUT2D eigenvalue weighted by Crippen LogP contribution is -2.44. The SMILES string of the molecule is CCC1CCCC(N(CC2CCNCC2)C2CC2)C1. The molecule has 3 aliphatic rings. The van der Waals surface area contributed by atoms with Gasteiger partial charge in [0.1, 0.15) is 0 Å². The fraction of sp³-hybridized carbons (Fsp3) is 1.00. The smallest absolute Gasteiger partial charge is 0.0101 e. The molecule has 1 saturated heterocycles. The molecule has 110 valence electrons. The summed E-state index contributed by atoms with van der Waals surface area (Å²) in [6.07, 6.45) is 13.2. The molecule has 3 fully saturated rings. The van der Waals surface area contributed by atoms with Gasteiger partial charge in [-0.1, -0.05) is 26.2 Å². The van der Waals surface area contributed by atoms with Gasteiger partial charge in [0.25, 0.3) is 0 Å². The molecule has 2 atom stereocenters. The molecule has 2 aliphatic carbocycles. The predicted octanol–water partition coefficient (Wildman–Crippen LogP) is 3.42. The molecule has 1 aliphatic heterocycles. The zero-order valence-corrected chi connectivity index (χ0v) is 12.7. The van der Waals surface area contributed by atoms with E-state index >= 15 is 0 Å². The highest BCUT2D eigenvalue weighted by Crippen LogP contribution is 2.37. The average Bonchev–Trinajstić information content (AvgIpc) is 3.30. The first-order valence-corrected chi connectivity index (χ1v) is 8.83. The van der Waals surface area contributed by atoms with Gasteiger partial charge in [-0.3, -0.25) is 4.90 Å². The van der Waals surface area contributed by atoms with Crippen molar-refractivity contribution in [1.29, 1.82) is 0 Å². The maximum atomic E-state index is 3.51. The van der Waals surface area contributed by atoms with E-state index in [0.29, 0.717) is 0 Å². The van der Waals surface area contributed by atoms with E-state index in [1.807, 2.05) is 0 Å². The van der Waals surface area contributed by atoms with E-state index in [4.69, 9.17) is 0 Å². The zero-order chi connectivity index (χ0) is 13.1. The Balaban J connectivity index is 1.56. The Hall–Kier alpha value is -0.0800. The van der Waals surface area contributed by atoms with Crippen molar-refractivity contribution in [1.82, 2.24) is 10.2 Å². The van der Waals surface area contributed by atoms with Gasteiger partial charge in [-0.15, -0.1) is 0 Å². The second-order valence-corrected chi connectivity index (χ2v) is 7.22. The van der Waals surface area contributed by atoms with Crippen LogP contribution >= 0.6 is 0 Å². The van der Waals surface area contributed by atoms with E-state index in [1.165, 1.54) is 77.4 Å². The first-order chi connectivity index (χ1) is 9.36. The van der Waals surface area contributed by atoms with E-state index in [-0.39, 0.29) is 0 Å². The molecule has 0 aromatic heterocycles. The van der Waals surface area contributed by atoms with Crippen molar-refractivity contribution in [3.63, 3.8) is 0 Å². The molecule has 2 unspecified atom stereocenters. The summed E-state index contributed by atoms with van der Waals surface area (Å²) in [5.41, 5.74) is 0. The van der Waals surface area contributed by atoms with Crippen molar-refractivity contribution in [2.24, 2.45) is 11.8 Å². The van der Waals surface area contributed by atoms with Crippen molar-refractivity contribution in [3.05, 3.63) is 0 Å². The first-order valence-electron chi connectivity index (χ1n) is 8.83. The molecule has 0 radical (unpaired) electrons. The quantitative estimate of drug-likeness (QED) is 0.818. The second-order valence-electron chi connectivity index (χ2n) is 7.22. The van der Waals surface area contributed by atoms with E-state index in [1.54, 1.807) is 0 Å². The highest BCUT2D eigenvalue weighted by atomic mass is 15.2. The van der Waals surface area contributed by atoms with Gasteiger partial charge in [-0.25, -0.2) is 0 Å². The first kappa shape index (κ1) is 13.9. The number of piperidine rings is 1. The van der Waals surface area contributed by atoms with Crippen LogP contribution < -0.4 is 5.32 Å². The van der Waals surface area contributed by atoms with Crippen molar-refractivity contribution >= 4 is 0 Å². The minimum atomic E-state index is 0.932. The average molecular weight is 264 g/mol. The Kier molecular flexibility index (Phi) is 4.81. The van der Waals surface area contributed by atoms with Gasteiger partial charge in [-0.2, -0.15) is 0 Å². The van der Waals surface area contributed by atoms with Crippen LogP contribution in [0.4, 0.5) is 0 Å². The third-order valence-electron chi connectivity index (χ3n) is 5.75. The molecule has 0 aromatic carbocycles. The summed E-state index contributed by atoms with van der Waals surface area (Å²) in [5.74, 6) is 2.00. The van der Waals surface area contributed by atoms with Gasteiger partial charge < -0.3 is 5.32 Å². The molecule has 2 nitrogen and oxygen atoms in total. The minimum absolute atomic E-state index is 0.932. The molecule has 0 amide bonds. The predicted molar refractivity (Wildman–Crippen MR) is 81.4 cm³/mol. The highest BCUT2D eigenvalue weighted by molar-refractivity contribution is 4.92. The molecule has 1 N–H and O–H groups in total. The van der Waals surface area contributed by atoms with Gasteiger partial charge in [0.05, 0.1) is 0 Å². The van der Waals surface area contributed by atoms with Crippen LogP contribution in [0.2, 0.25) is 0 Å². The summed E-state index contributed by atoms with van der Waals surface area (Å²) in [6, 6.07) is 1.90. The Labute approximate surface area is 119 Å². The van der Waals surface area contributed by atoms with E-state index in [2.05, 4.69) is 17.1 Å². The molecule has 1 heterocycles. The molecular formula is C17H32N2. The van der Waals surface area contributed by atoms with Crippen molar-refractivity contribution in [3.8, 4) is 0 Å². The third-order valence-corrected chi connectivity index (χ3v) is 5.75. The van der Waals surface area contributed by atoms with Crippen LogP contribution in [0, 0.1) is 11.8 Å². The Morgan fingerprint density at radius 2 is 1.68 bits per heavy atom. The molecule has 0 aromatic rings. The molecule has 0 spiro atoms. The third kappa shape index (κ3) is 3.72. The fourth-order valence-corrected chi connectivity index (χ4v) is 4.30. The topological polar surface area (TPSA) is 15.3 Å². The Bertz CT molecular complexity index is 268. The summed E-state index contributed by atoms with van der Waals surface area (Å²) in [4.78, 5) is 2.96. The van der Waals surface area contributed by atoms with E-state index in [9.17, 15) is 0 Å². The summed E-state index contributed by atoms with van der Waals surface area (Å²) in [5, 5.41) is 3.51. The summed E-state index contributed by atoms with van der Waals surface area (Å²) in [6.45, 7) is 6.31. The highest BCUT2D eigenvalue weighted by Gasteiger charge is 2.37. The van der Waals surface area contributed by atoms with Gasteiger partial charge >= 0.3 is 0 Å². The summed E-state index contributed by atoms with van der Waals surface area (Å²) < 4.78 is 0. The zero-order valence-electron chi connectivity index (χ0n) is 12.7. The molecule has 0 bridgehead atoms. The largest absolute Gasteiger partial charge is 0.317 e. The Morgan fingerprint density at radius 1 is 0.895 bits per heavy atom. The number of hydrogen-bond donors (Lipinski definition) is 1. The molecular weight excluding hydrogens is 232 g/mol. The van der Waals surface area contributed by atoms with Gasteiger partial charge in [0, 0.05) is 18.6 Å². The molecule has 2 saturated carbocycles. The maximum absolute atomic E-state index is 3.51. The lowest BCUT2D eigenvalue weighted by Gasteiger charge is -2.40. The van der Waals surface area contributed by atoms with Crippen molar-refractivity contribution in [2.75, 3.05) is 19.6 Å². The summed E-state index contributed by atoms with van der Waals surface area (Å²) >= 11 is 0. The van der Waals surface area contributed by atoms with Crippen molar-refractivity contribution in [2.45, 2.75) is 76.8 Å². The minimum Gasteiger partial charge on any atom is -0.317 e. The fourth-order valence-electron chi connectivity index (χ4n) is 4.30. The van der Waals surface area contributed by atoms with Crippen LogP contribution in [0.1, 0.15) is 64.7 Å². The van der Waals surface area contributed by atoms with Crippen LogP contribution in [0.25, 0.3) is 0 Å². The lowest BCUT2D eigenvalue weighted by atomic mass is 9.83. The molecule has 19 heavy (non-hydrogen) atoms. The second kappa shape index (κ2) is 6.58. The normalized spacial score (nSPS) is 33.8. The van der Waals surface area contributed by atoms with Crippen LogP contribution in [-0.4, -0.2) is 36.6 Å². The standard InChI is InChI=1S/C17H32N2/c1-2-14-4-3-5-17(12-14)19(16-6-7-16)13-15-8-10-18-11-9-15/h14-18H,2-13H2,1H3. The molecule has 2 heteroatoms. The van der Waals surface area contributed by atoms with E-state index in [0.717, 1.165) is 23.9 Å². The lowest BCUT2D eigenvalue weighted by molar-refractivity contribution is 0.0949. The van der Waals surface area contributed by atoms with Crippen molar-refractivity contribution < 1.29 is 0 Å². The summed E-state index contributed by atoms with van der Waals surface area (Å²) in [7, 11) is 0. The van der Waals surface area contributed by atoms with Gasteiger partial charge in [0.2, 0.25) is 0 Å². The van der Waals surface area contributed by atoms with Crippen LogP contribution in [-0.2, 0) is 0 Å². The maximum Gasteiger partial charge on any atom is 0.0101 e. The molecule has 3 rings (SSSR count). The monoisotopic (exact) mass is 264 g/mol. The van der Waals surface area contributed by atoms with E-state index < -0.39 is 0 Å². The number of nitrogens with zero attached hydrogens (tertiary/aromatic N) is 1. The number of hydrogen-bond acceptors (Lipinski definition) is 2. The van der Waals surface area contributed by atoms with Crippen LogP contribution in [0.5, 0.6) is 0 Å². The number of nitrogens with one attached hydrogen (secondary N) is 1. The Morgan fingerprint density at radius 3 is 2.37 bits per heavy atom. The van der Waals surface area contributed by atoms with Gasteiger partial charge in [0.15, 0.2) is 0 Å². The van der Waals surface area contributed by atoms with Crippen LogP contribution in [0.3, 0.4) is 0 Å². The van der Waals surface area contributed by atoms with Gasteiger partial charge in [-0.05, 0) is 63.5 Å². The van der Waals surface area contributed by atoms with Crippen LogP contribution in [0.15, 0.2) is 0 Å². The number of rotatable bonds is 5.